The van der Waals surface area contributed by atoms with E-state index >= 15 is 0 Å². The Morgan fingerprint density at radius 3 is 2.81 bits per heavy atom. The van der Waals surface area contributed by atoms with Crippen LogP contribution in [0.2, 0.25) is 0 Å². The highest BCUT2D eigenvalue weighted by Gasteiger charge is 2.16. The molecule has 0 atom stereocenters. The van der Waals surface area contributed by atoms with E-state index < -0.39 is 0 Å². The zero-order valence-corrected chi connectivity index (χ0v) is 9.63. The van der Waals surface area contributed by atoms with Crippen LogP contribution in [-0.2, 0) is 6.54 Å². The number of halogens is 1. The van der Waals surface area contributed by atoms with Crippen molar-refractivity contribution in [3.8, 4) is 5.75 Å². The lowest BCUT2D eigenvalue weighted by molar-refractivity contribution is 0.300. The molecule has 0 aromatic heterocycles. The Bertz CT molecular complexity index is 350. The Balaban J connectivity index is 1.83. The zero-order valence-electron chi connectivity index (χ0n) is 9.63. The molecule has 2 nitrogen and oxygen atoms in total. The van der Waals surface area contributed by atoms with Crippen molar-refractivity contribution >= 4 is 0 Å². The second kappa shape index (κ2) is 5.30. The van der Waals surface area contributed by atoms with Crippen molar-refractivity contribution in [1.29, 1.82) is 0 Å². The molecule has 0 spiro atoms. The minimum atomic E-state index is -0.194. The molecule has 1 aromatic rings. The highest BCUT2D eigenvalue weighted by Crippen LogP contribution is 2.25. The Morgan fingerprint density at radius 2 is 2.25 bits per heavy atom. The predicted molar refractivity (Wildman–Crippen MR) is 62.0 cm³/mol. The molecule has 1 aliphatic rings. The largest absolute Gasteiger partial charge is 0.497 e. The first-order valence-electron chi connectivity index (χ1n) is 5.82. The summed E-state index contributed by atoms with van der Waals surface area (Å²) in [6, 6.07) is 5.01. The van der Waals surface area contributed by atoms with E-state index in [4.69, 9.17) is 4.74 Å². The van der Waals surface area contributed by atoms with Crippen molar-refractivity contribution in [3.63, 3.8) is 0 Å². The molecule has 1 aromatic carbocycles. The summed E-state index contributed by atoms with van der Waals surface area (Å²) in [7, 11) is 1.54. The van der Waals surface area contributed by atoms with Crippen molar-refractivity contribution in [1.82, 2.24) is 5.32 Å². The fourth-order valence-corrected chi connectivity index (χ4v) is 1.91. The number of hydrogen-bond acceptors (Lipinski definition) is 2. The van der Waals surface area contributed by atoms with Crippen LogP contribution in [0.25, 0.3) is 0 Å². The van der Waals surface area contributed by atoms with Gasteiger partial charge in [-0.1, -0.05) is 12.5 Å². The van der Waals surface area contributed by atoms with Gasteiger partial charge in [0.1, 0.15) is 11.6 Å². The highest BCUT2D eigenvalue weighted by molar-refractivity contribution is 5.28. The molecule has 0 bridgehead atoms. The van der Waals surface area contributed by atoms with Gasteiger partial charge in [-0.05, 0) is 31.4 Å². The zero-order chi connectivity index (χ0) is 11.4. The number of nitrogens with one attached hydrogen (secondary N) is 1. The summed E-state index contributed by atoms with van der Waals surface area (Å²) < 4.78 is 18.5. The lowest BCUT2D eigenvalue weighted by atomic mass is 9.85. The van der Waals surface area contributed by atoms with E-state index in [9.17, 15) is 4.39 Å². The van der Waals surface area contributed by atoms with E-state index in [1.165, 1.54) is 25.3 Å². The van der Waals surface area contributed by atoms with Crippen LogP contribution in [0, 0.1) is 11.7 Å². The van der Waals surface area contributed by atoms with Gasteiger partial charge in [-0.15, -0.1) is 0 Å². The van der Waals surface area contributed by atoms with Crippen LogP contribution in [0.15, 0.2) is 18.2 Å². The summed E-state index contributed by atoms with van der Waals surface area (Å²) in [4.78, 5) is 0. The molecule has 0 aliphatic heterocycles. The van der Waals surface area contributed by atoms with Crippen molar-refractivity contribution in [2.24, 2.45) is 5.92 Å². The average molecular weight is 223 g/mol. The van der Waals surface area contributed by atoms with E-state index in [-0.39, 0.29) is 5.82 Å². The molecule has 88 valence electrons. The fraction of sp³-hybridized carbons (Fsp3) is 0.538. The monoisotopic (exact) mass is 223 g/mol. The number of methoxy groups -OCH3 is 1. The van der Waals surface area contributed by atoms with E-state index in [0.29, 0.717) is 17.9 Å². The number of hydrogen-bond donors (Lipinski definition) is 1. The summed E-state index contributed by atoms with van der Waals surface area (Å²) in [6.45, 7) is 1.61. The fourth-order valence-electron chi connectivity index (χ4n) is 1.91. The second-order valence-corrected chi connectivity index (χ2v) is 4.39. The third-order valence-corrected chi connectivity index (χ3v) is 3.23. The Kier molecular flexibility index (Phi) is 3.78. The molecule has 0 radical (unpaired) electrons. The summed E-state index contributed by atoms with van der Waals surface area (Å²) in [6.07, 6.45) is 3.99. The maximum Gasteiger partial charge on any atom is 0.131 e. The van der Waals surface area contributed by atoms with Crippen molar-refractivity contribution in [2.45, 2.75) is 25.8 Å². The molecule has 16 heavy (non-hydrogen) atoms. The van der Waals surface area contributed by atoms with Gasteiger partial charge in [0, 0.05) is 18.2 Å². The van der Waals surface area contributed by atoms with Crippen LogP contribution in [0.5, 0.6) is 5.75 Å². The van der Waals surface area contributed by atoms with Gasteiger partial charge in [-0.25, -0.2) is 4.39 Å². The molecule has 2 rings (SSSR count). The number of benzene rings is 1. The smallest absolute Gasteiger partial charge is 0.131 e. The molecule has 1 saturated carbocycles. The molecule has 3 heteroatoms. The Morgan fingerprint density at radius 1 is 1.44 bits per heavy atom. The summed E-state index contributed by atoms with van der Waals surface area (Å²) >= 11 is 0. The first-order valence-corrected chi connectivity index (χ1v) is 5.82. The molecule has 1 aliphatic carbocycles. The maximum absolute atomic E-state index is 13.5. The first-order chi connectivity index (χ1) is 7.79. The third kappa shape index (κ3) is 2.73. The number of ether oxygens (including phenoxy) is 1. The van der Waals surface area contributed by atoms with Gasteiger partial charge < -0.3 is 10.1 Å². The highest BCUT2D eigenvalue weighted by atomic mass is 19.1. The van der Waals surface area contributed by atoms with E-state index in [1.807, 2.05) is 0 Å². The van der Waals surface area contributed by atoms with E-state index in [1.54, 1.807) is 19.2 Å². The molecular weight excluding hydrogens is 205 g/mol. The third-order valence-electron chi connectivity index (χ3n) is 3.23. The summed E-state index contributed by atoms with van der Waals surface area (Å²) in [5.41, 5.74) is 0.708. The quantitative estimate of drug-likeness (QED) is 0.828. The lowest BCUT2D eigenvalue weighted by Gasteiger charge is -2.25. The number of rotatable bonds is 5. The molecule has 0 saturated heterocycles. The Labute approximate surface area is 95.8 Å². The molecule has 0 heterocycles. The minimum Gasteiger partial charge on any atom is -0.497 e. The molecule has 1 fully saturated rings. The first kappa shape index (κ1) is 11.4. The Hall–Kier alpha value is -1.09. The van der Waals surface area contributed by atoms with Crippen molar-refractivity contribution in [3.05, 3.63) is 29.6 Å². The van der Waals surface area contributed by atoms with Crippen molar-refractivity contribution in [2.75, 3.05) is 13.7 Å². The molecule has 0 amide bonds. The van der Waals surface area contributed by atoms with Gasteiger partial charge in [0.25, 0.3) is 0 Å². The summed E-state index contributed by atoms with van der Waals surface area (Å²) in [5, 5.41) is 3.30. The van der Waals surface area contributed by atoms with Crippen LogP contribution >= 0.6 is 0 Å². The van der Waals surface area contributed by atoms with Gasteiger partial charge >= 0.3 is 0 Å². The second-order valence-electron chi connectivity index (χ2n) is 4.39. The minimum absolute atomic E-state index is 0.194. The van der Waals surface area contributed by atoms with Gasteiger partial charge in [0.2, 0.25) is 0 Å². The molecular formula is C13H18FNO. The SMILES string of the molecule is COc1ccc(CNCC2CCC2)c(F)c1. The normalized spacial score (nSPS) is 15.9. The standard InChI is InChI=1S/C13H18FNO/c1-16-12-6-5-11(13(14)7-12)9-15-8-10-3-2-4-10/h5-7,10,15H,2-4,8-9H2,1H3. The van der Waals surface area contributed by atoms with Gasteiger partial charge in [-0.3, -0.25) is 0 Å². The lowest BCUT2D eigenvalue weighted by Crippen LogP contribution is -2.27. The van der Waals surface area contributed by atoms with E-state index in [2.05, 4.69) is 5.32 Å². The predicted octanol–water partition coefficient (Wildman–Crippen LogP) is 2.72. The van der Waals surface area contributed by atoms with E-state index in [0.717, 1.165) is 12.5 Å². The molecule has 0 unspecified atom stereocenters. The van der Waals surface area contributed by atoms with Crippen LogP contribution < -0.4 is 10.1 Å². The van der Waals surface area contributed by atoms with Crippen LogP contribution in [0.3, 0.4) is 0 Å². The van der Waals surface area contributed by atoms with Gasteiger partial charge in [0.05, 0.1) is 7.11 Å². The topological polar surface area (TPSA) is 21.3 Å². The van der Waals surface area contributed by atoms with Gasteiger partial charge in [-0.2, -0.15) is 0 Å². The molecule has 1 N–H and O–H groups in total. The van der Waals surface area contributed by atoms with Gasteiger partial charge in [0.15, 0.2) is 0 Å². The van der Waals surface area contributed by atoms with Crippen LogP contribution in [0.4, 0.5) is 4.39 Å². The summed E-state index contributed by atoms with van der Waals surface area (Å²) in [5.74, 6) is 1.18. The van der Waals surface area contributed by atoms with Crippen LogP contribution in [0.1, 0.15) is 24.8 Å². The average Bonchev–Trinajstić information content (AvgIpc) is 2.23. The van der Waals surface area contributed by atoms with Crippen molar-refractivity contribution < 1.29 is 9.13 Å². The maximum atomic E-state index is 13.5. The van der Waals surface area contributed by atoms with Crippen LogP contribution in [-0.4, -0.2) is 13.7 Å².